The van der Waals surface area contributed by atoms with Crippen LogP contribution in [0.15, 0.2) is 64.4 Å². The summed E-state index contributed by atoms with van der Waals surface area (Å²) in [4.78, 5) is 8.64. The largest absolute Gasteiger partial charge is 0.491 e. The fourth-order valence-electron chi connectivity index (χ4n) is 3.50. The Morgan fingerprint density at radius 1 is 1.05 bits per heavy atom. The van der Waals surface area contributed by atoms with E-state index in [9.17, 15) is 15.6 Å². The van der Waals surface area contributed by atoms with Gasteiger partial charge in [-0.15, -0.1) is 0 Å². The summed E-state index contributed by atoms with van der Waals surface area (Å²) < 4.78 is 11.0. The molecule has 9 nitrogen and oxygen atoms in total. The van der Waals surface area contributed by atoms with Crippen LogP contribution in [0, 0.1) is 22.7 Å². The smallest absolute Gasteiger partial charge is 0.181 e. The Morgan fingerprint density at radius 2 is 1.73 bits per heavy atom. The Labute approximate surface area is 221 Å². The van der Waals surface area contributed by atoms with Crippen molar-refractivity contribution in [2.75, 3.05) is 18.9 Å². The van der Waals surface area contributed by atoms with Gasteiger partial charge in [0, 0.05) is 21.9 Å². The molecule has 2 heterocycles. The van der Waals surface area contributed by atoms with Gasteiger partial charge in [-0.2, -0.15) is 10.5 Å². The summed E-state index contributed by atoms with van der Waals surface area (Å²) in [7, 11) is 0. The molecule has 0 bridgehead atoms. The lowest BCUT2D eigenvalue weighted by molar-refractivity contribution is 0.0536. The van der Waals surface area contributed by atoms with Gasteiger partial charge in [-0.1, -0.05) is 35.5 Å². The van der Waals surface area contributed by atoms with E-state index in [1.165, 1.54) is 18.2 Å². The van der Waals surface area contributed by atoms with Gasteiger partial charge in [0.15, 0.2) is 12.2 Å². The van der Waals surface area contributed by atoms with E-state index in [4.69, 9.17) is 31.6 Å². The van der Waals surface area contributed by atoms with Gasteiger partial charge < -0.3 is 25.1 Å². The van der Waals surface area contributed by atoms with Crippen molar-refractivity contribution in [2.24, 2.45) is 0 Å². The van der Waals surface area contributed by atoms with Crippen LogP contribution in [0.25, 0.3) is 22.5 Å². The van der Waals surface area contributed by atoms with Crippen LogP contribution in [-0.4, -0.2) is 39.5 Å². The maximum absolute atomic E-state index is 10.0. The van der Waals surface area contributed by atoms with E-state index >= 15 is 0 Å². The Hall–Kier alpha value is -4.06. The van der Waals surface area contributed by atoms with Crippen molar-refractivity contribution >= 4 is 29.2 Å². The first-order chi connectivity index (χ1) is 17.9. The quantitative estimate of drug-likeness (QED) is 0.263. The zero-order valence-corrected chi connectivity index (χ0v) is 20.8. The molecule has 2 aromatic heterocycles. The van der Waals surface area contributed by atoms with E-state index in [0.717, 1.165) is 5.56 Å². The molecular weight excluding hydrogens is 514 g/mol. The number of anilines is 1. The van der Waals surface area contributed by atoms with E-state index in [2.05, 4.69) is 22.1 Å². The Morgan fingerprint density at radius 3 is 2.38 bits per heavy atom. The molecule has 0 saturated heterocycles. The minimum atomic E-state index is -1.00. The molecule has 0 aliphatic carbocycles. The molecule has 0 aliphatic heterocycles. The Kier molecular flexibility index (Phi) is 8.29. The van der Waals surface area contributed by atoms with Crippen molar-refractivity contribution in [2.45, 2.75) is 16.9 Å². The van der Waals surface area contributed by atoms with Gasteiger partial charge in [0.05, 0.1) is 17.9 Å². The van der Waals surface area contributed by atoms with Crippen LogP contribution < -0.4 is 10.5 Å². The number of nitrogen functional groups attached to an aromatic ring is 1. The third-order valence-corrected chi connectivity index (χ3v) is 6.54. The van der Waals surface area contributed by atoms with E-state index in [0.29, 0.717) is 44.1 Å². The monoisotopic (exact) mass is 533 g/mol. The van der Waals surface area contributed by atoms with E-state index in [1.54, 1.807) is 36.4 Å². The van der Waals surface area contributed by atoms with Crippen molar-refractivity contribution in [3.63, 3.8) is 0 Å². The Bertz CT molecular complexity index is 1480. The standard InChI is InChI=1S/C26H20ClN5O4S/c27-17-5-1-16(2-6-17)24-22(31-14-36-24)13-37-26-21(10-29)23(20(9-28)25(30)32-26)15-3-7-19(8-4-15)35-12-18(34)11-33/h1-8,14,18,33-34H,11-13H2,(H2,30,32)/t18-/m0/s1. The molecule has 2 aromatic carbocycles. The molecule has 0 spiro atoms. The van der Waals surface area contributed by atoms with Crippen molar-refractivity contribution < 1.29 is 19.4 Å². The highest BCUT2D eigenvalue weighted by atomic mass is 35.5. The van der Waals surface area contributed by atoms with Crippen LogP contribution in [0.5, 0.6) is 5.75 Å². The molecule has 0 aliphatic rings. The molecular formula is C26H20ClN5O4S. The average Bonchev–Trinajstić information content (AvgIpc) is 3.39. The fourth-order valence-corrected chi connectivity index (χ4v) is 4.56. The highest BCUT2D eigenvalue weighted by Crippen LogP contribution is 2.38. The van der Waals surface area contributed by atoms with Gasteiger partial charge in [-0.25, -0.2) is 9.97 Å². The van der Waals surface area contributed by atoms with Gasteiger partial charge in [0.1, 0.15) is 47.0 Å². The van der Waals surface area contributed by atoms with Crippen LogP contribution in [0.3, 0.4) is 0 Å². The molecule has 0 fully saturated rings. The first-order valence-corrected chi connectivity index (χ1v) is 12.3. The number of nitriles is 2. The normalized spacial score (nSPS) is 11.5. The van der Waals surface area contributed by atoms with Crippen LogP contribution in [-0.2, 0) is 5.75 Å². The third kappa shape index (κ3) is 5.85. The number of pyridine rings is 1. The van der Waals surface area contributed by atoms with Gasteiger partial charge in [-0.3, -0.25) is 0 Å². The molecule has 0 radical (unpaired) electrons. The Balaban J connectivity index is 1.65. The zero-order chi connectivity index (χ0) is 26.4. The average molecular weight is 534 g/mol. The summed E-state index contributed by atoms with van der Waals surface area (Å²) in [5.74, 6) is 1.36. The van der Waals surface area contributed by atoms with Crippen LogP contribution in [0.1, 0.15) is 16.8 Å². The molecule has 37 heavy (non-hydrogen) atoms. The molecule has 11 heteroatoms. The van der Waals surface area contributed by atoms with E-state index in [1.807, 2.05) is 12.1 Å². The molecule has 0 amide bonds. The number of aliphatic hydroxyl groups excluding tert-OH is 2. The molecule has 4 N–H and O–H groups in total. The summed E-state index contributed by atoms with van der Waals surface area (Å²) in [5.41, 5.74) is 8.81. The number of aromatic nitrogens is 2. The lowest BCUT2D eigenvalue weighted by Crippen LogP contribution is -2.21. The first kappa shape index (κ1) is 26.0. The maximum atomic E-state index is 10.0. The molecule has 0 unspecified atom stereocenters. The number of rotatable bonds is 9. The summed E-state index contributed by atoms with van der Waals surface area (Å²) in [6, 6.07) is 18.0. The van der Waals surface area contributed by atoms with Gasteiger partial charge in [0.2, 0.25) is 0 Å². The number of benzene rings is 2. The van der Waals surface area contributed by atoms with E-state index in [-0.39, 0.29) is 23.6 Å². The van der Waals surface area contributed by atoms with E-state index < -0.39 is 12.7 Å². The second-order valence-electron chi connectivity index (χ2n) is 7.75. The number of hydrogen-bond acceptors (Lipinski definition) is 10. The lowest BCUT2D eigenvalue weighted by Gasteiger charge is -2.14. The predicted octanol–water partition coefficient (Wildman–Crippen LogP) is 4.41. The highest BCUT2D eigenvalue weighted by Gasteiger charge is 2.22. The van der Waals surface area contributed by atoms with Crippen molar-refractivity contribution in [1.29, 1.82) is 10.5 Å². The van der Waals surface area contributed by atoms with Gasteiger partial charge >= 0.3 is 0 Å². The van der Waals surface area contributed by atoms with Crippen LogP contribution in [0.2, 0.25) is 5.02 Å². The topological polar surface area (TPSA) is 162 Å². The summed E-state index contributed by atoms with van der Waals surface area (Å²) in [5, 5.41) is 39.2. The number of aliphatic hydroxyl groups is 2. The number of nitrogens with two attached hydrogens (primary N) is 1. The van der Waals surface area contributed by atoms with Crippen molar-refractivity contribution in [1.82, 2.24) is 9.97 Å². The molecule has 4 rings (SSSR count). The van der Waals surface area contributed by atoms with Crippen molar-refractivity contribution in [3.8, 4) is 40.3 Å². The second-order valence-corrected chi connectivity index (χ2v) is 9.15. The van der Waals surface area contributed by atoms with Crippen molar-refractivity contribution in [3.05, 3.63) is 76.8 Å². The number of ether oxygens (including phenoxy) is 1. The minimum absolute atomic E-state index is 0.00321. The number of halogens is 1. The fraction of sp³-hybridized carbons (Fsp3) is 0.154. The number of nitrogens with zero attached hydrogens (tertiary/aromatic N) is 4. The second kappa shape index (κ2) is 11.8. The molecule has 186 valence electrons. The van der Waals surface area contributed by atoms with Gasteiger partial charge in [0.25, 0.3) is 0 Å². The lowest BCUT2D eigenvalue weighted by atomic mass is 9.97. The number of oxazole rings is 1. The third-order valence-electron chi connectivity index (χ3n) is 5.30. The number of thioether (sulfide) groups is 1. The van der Waals surface area contributed by atoms with Crippen LogP contribution >= 0.6 is 23.4 Å². The predicted molar refractivity (Wildman–Crippen MR) is 139 cm³/mol. The molecule has 4 aromatic rings. The van der Waals surface area contributed by atoms with Gasteiger partial charge in [-0.05, 0) is 42.0 Å². The summed E-state index contributed by atoms with van der Waals surface area (Å²) >= 11 is 7.24. The number of hydrogen-bond donors (Lipinski definition) is 3. The summed E-state index contributed by atoms with van der Waals surface area (Å²) in [6.45, 7) is -0.493. The molecule has 1 atom stereocenters. The maximum Gasteiger partial charge on any atom is 0.181 e. The SMILES string of the molecule is N#Cc1c(N)nc(SCc2ncoc2-c2ccc(Cl)cc2)c(C#N)c1-c1ccc(OC[C@@H](O)CO)cc1. The molecule has 0 saturated carbocycles. The first-order valence-electron chi connectivity index (χ1n) is 10.9. The zero-order valence-electron chi connectivity index (χ0n) is 19.3. The summed E-state index contributed by atoms with van der Waals surface area (Å²) in [6.07, 6.45) is 0.347. The highest BCUT2D eigenvalue weighted by molar-refractivity contribution is 7.98. The van der Waals surface area contributed by atoms with Crippen LogP contribution in [0.4, 0.5) is 5.82 Å². The minimum Gasteiger partial charge on any atom is -0.491 e.